The summed E-state index contributed by atoms with van der Waals surface area (Å²) in [6, 6.07) is 17.3. The van der Waals surface area contributed by atoms with E-state index in [1.54, 1.807) is 12.1 Å². The van der Waals surface area contributed by atoms with E-state index >= 15 is 0 Å². The van der Waals surface area contributed by atoms with Crippen molar-refractivity contribution in [3.8, 4) is 0 Å². The minimum atomic E-state index is -0.359. The molecule has 0 bridgehead atoms. The Hall–Kier alpha value is -2.20. The second-order valence-corrected chi connectivity index (χ2v) is 5.47. The third kappa shape index (κ3) is 4.97. The van der Waals surface area contributed by atoms with E-state index in [4.69, 9.17) is 0 Å². The van der Waals surface area contributed by atoms with Gasteiger partial charge in [-0.1, -0.05) is 55.8 Å². The Labute approximate surface area is 131 Å². The lowest BCUT2D eigenvalue weighted by Gasteiger charge is -2.22. The van der Waals surface area contributed by atoms with Gasteiger partial charge in [-0.15, -0.1) is 0 Å². The average Bonchev–Trinajstić information content (AvgIpc) is 2.54. The number of nitro groups is 1. The van der Waals surface area contributed by atoms with E-state index in [0.29, 0.717) is 0 Å². The van der Waals surface area contributed by atoms with Crippen LogP contribution in [0.3, 0.4) is 0 Å². The van der Waals surface area contributed by atoms with Crippen molar-refractivity contribution in [2.45, 2.75) is 32.9 Å². The average molecular weight is 298 g/mol. The van der Waals surface area contributed by atoms with Crippen LogP contribution in [0, 0.1) is 10.1 Å². The normalized spacial score (nSPS) is 10.8. The Kier molecular flexibility index (Phi) is 6.10. The lowest BCUT2D eigenvalue weighted by Crippen LogP contribution is -2.24. The minimum absolute atomic E-state index is 0.145. The van der Waals surface area contributed by atoms with Gasteiger partial charge < -0.3 is 0 Å². The third-order valence-corrected chi connectivity index (χ3v) is 3.63. The summed E-state index contributed by atoms with van der Waals surface area (Å²) in [5, 5.41) is 10.7. The summed E-state index contributed by atoms with van der Waals surface area (Å²) in [6.45, 7) is 4.93. The van der Waals surface area contributed by atoms with Crippen LogP contribution in [0.2, 0.25) is 0 Å². The molecule has 0 aliphatic rings. The van der Waals surface area contributed by atoms with Crippen molar-refractivity contribution in [3.63, 3.8) is 0 Å². The van der Waals surface area contributed by atoms with E-state index in [1.807, 2.05) is 18.2 Å². The van der Waals surface area contributed by atoms with E-state index in [2.05, 4.69) is 36.1 Å². The minimum Gasteiger partial charge on any atom is -0.295 e. The summed E-state index contributed by atoms with van der Waals surface area (Å²) in [5.74, 6) is 0. The molecule has 0 N–H and O–H groups in total. The SMILES string of the molecule is CCCCN(Cc1ccccc1)Cc1ccc([N+](=O)[O-])cc1. The van der Waals surface area contributed by atoms with Crippen LogP contribution in [-0.2, 0) is 13.1 Å². The van der Waals surface area contributed by atoms with Gasteiger partial charge in [-0.2, -0.15) is 0 Å². The Balaban J connectivity index is 2.03. The fraction of sp³-hybridized carbons (Fsp3) is 0.333. The van der Waals surface area contributed by atoms with Gasteiger partial charge in [0.25, 0.3) is 5.69 Å². The first-order valence-electron chi connectivity index (χ1n) is 7.68. The molecule has 4 nitrogen and oxygen atoms in total. The highest BCUT2D eigenvalue weighted by atomic mass is 16.6. The van der Waals surface area contributed by atoms with Crippen molar-refractivity contribution in [2.24, 2.45) is 0 Å². The predicted molar refractivity (Wildman–Crippen MR) is 88.6 cm³/mol. The van der Waals surface area contributed by atoms with E-state index in [-0.39, 0.29) is 10.6 Å². The lowest BCUT2D eigenvalue weighted by molar-refractivity contribution is -0.384. The lowest BCUT2D eigenvalue weighted by atomic mass is 10.1. The second-order valence-electron chi connectivity index (χ2n) is 5.47. The van der Waals surface area contributed by atoms with E-state index < -0.39 is 0 Å². The molecule has 0 aliphatic heterocycles. The summed E-state index contributed by atoms with van der Waals surface area (Å²) in [6.07, 6.45) is 2.31. The molecule has 0 radical (unpaired) electrons. The first kappa shape index (κ1) is 16.2. The zero-order valence-corrected chi connectivity index (χ0v) is 12.9. The van der Waals surface area contributed by atoms with Crippen LogP contribution in [-0.4, -0.2) is 16.4 Å². The topological polar surface area (TPSA) is 46.4 Å². The van der Waals surface area contributed by atoms with Crippen molar-refractivity contribution >= 4 is 5.69 Å². The molecule has 0 atom stereocenters. The zero-order chi connectivity index (χ0) is 15.8. The molecule has 0 unspecified atom stereocenters. The van der Waals surface area contributed by atoms with E-state index in [0.717, 1.165) is 38.0 Å². The van der Waals surface area contributed by atoms with Crippen molar-refractivity contribution < 1.29 is 4.92 Å². The molecule has 0 fully saturated rings. The predicted octanol–water partition coefficient (Wildman–Crippen LogP) is 4.40. The monoisotopic (exact) mass is 298 g/mol. The van der Waals surface area contributed by atoms with Crippen molar-refractivity contribution in [2.75, 3.05) is 6.54 Å². The number of non-ortho nitro benzene ring substituents is 1. The Morgan fingerprint density at radius 1 is 0.955 bits per heavy atom. The van der Waals surface area contributed by atoms with E-state index in [1.165, 1.54) is 5.56 Å². The fourth-order valence-corrected chi connectivity index (χ4v) is 2.42. The van der Waals surface area contributed by atoms with Crippen LogP contribution in [0.15, 0.2) is 54.6 Å². The van der Waals surface area contributed by atoms with Gasteiger partial charge >= 0.3 is 0 Å². The van der Waals surface area contributed by atoms with Gasteiger partial charge in [0, 0.05) is 25.2 Å². The Morgan fingerprint density at radius 2 is 1.55 bits per heavy atom. The molecule has 2 rings (SSSR count). The molecule has 116 valence electrons. The highest BCUT2D eigenvalue weighted by Gasteiger charge is 2.09. The maximum absolute atomic E-state index is 10.7. The number of benzene rings is 2. The molecule has 0 spiro atoms. The molecule has 0 saturated carbocycles. The zero-order valence-electron chi connectivity index (χ0n) is 12.9. The molecular weight excluding hydrogens is 276 g/mol. The summed E-state index contributed by atoms with van der Waals surface area (Å²) >= 11 is 0. The van der Waals surface area contributed by atoms with Gasteiger partial charge in [0.2, 0.25) is 0 Å². The molecule has 0 aliphatic carbocycles. The van der Waals surface area contributed by atoms with Crippen LogP contribution >= 0.6 is 0 Å². The quantitative estimate of drug-likeness (QED) is 0.536. The van der Waals surface area contributed by atoms with Gasteiger partial charge in [-0.3, -0.25) is 15.0 Å². The molecule has 0 amide bonds. The molecule has 0 aromatic heterocycles. The maximum atomic E-state index is 10.7. The number of unbranched alkanes of at least 4 members (excludes halogenated alkanes) is 1. The molecular formula is C18H22N2O2. The van der Waals surface area contributed by atoms with Crippen LogP contribution in [0.4, 0.5) is 5.69 Å². The summed E-state index contributed by atoms with van der Waals surface area (Å²) in [7, 11) is 0. The van der Waals surface area contributed by atoms with Crippen molar-refractivity contribution in [1.29, 1.82) is 0 Å². The molecule has 0 saturated heterocycles. The molecule has 0 heterocycles. The van der Waals surface area contributed by atoms with Crippen molar-refractivity contribution in [3.05, 3.63) is 75.8 Å². The first-order chi connectivity index (χ1) is 10.7. The van der Waals surface area contributed by atoms with Crippen molar-refractivity contribution in [1.82, 2.24) is 4.90 Å². The van der Waals surface area contributed by atoms with Crippen LogP contribution in [0.1, 0.15) is 30.9 Å². The maximum Gasteiger partial charge on any atom is 0.269 e. The largest absolute Gasteiger partial charge is 0.295 e. The number of nitro benzene ring substituents is 1. The highest BCUT2D eigenvalue weighted by molar-refractivity contribution is 5.32. The number of nitrogens with zero attached hydrogens (tertiary/aromatic N) is 2. The number of rotatable bonds is 8. The molecule has 4 heteroatoms. The van der Waals surface area contributed by atoms with Gasteiger partial charge in [-0.25, -0.2) is 0 Å². The summed E-state index contributed by atoms with van der Waals surface area (Å²) in [4.78, 5) is 12.7. The van der Waals surface area contributed by atoms with Gasteiger partial charge in [0.1, 0.15) is 0 Å². The Bertz CT molecular complexity index is 582. The highest BCUT2D eigenvalue weighted by Crippen LogP contribution is 2.15. The molecule has 22 heavy (non-hydrogen) atoms. The van der Waals surface area contributed by atoms with Gasteiger partial charge in [0.15, 0.2) is 0 Å². The van der Waals surface area contributed by atoms with Crippen LogP contribution in [0.5, 0.6) is 0 Å². The smallest absolute Gasteiger partial charge is 0.269 e. The standard InChI is InChI=1S/C18H22N2O2/c1-2-3-13-19(14-16-7-5-4-6-8-16)15-17-9-11-18(12-10-17)20(21)22/h4-12H,2-3,13-15H2,1H3. The summed E-state index contributed by atoms with van der Waals surface area (Å²) < 4.78 is 0. The van der Waals surface area contributed by atoms with Gasteiger partial charge in [0.05, 0.1) is 4.92 Å². The fourth-order valence-electron chi connectivity index (χ4n) is 2.42. The molecule has 2 aromatic rings. The van der Waals surface area contributed by atoms with E-state index in [9.17, 15) is 10.1 Å². The van der Waals surface area contributed by atoms with Gasteiger partial charge in [-0.05, 0) is 24.1 Å². The third-order valence-electron chi connectivity index (χ3n) is 3.63. The Morgan fingerprint density at radius 3 is 2.09 bits per heavy atom. The first-order valence-corrected chi connectivity index (χ1v) is 7.68. The number of hydrogen-bond donors (Lipinski definition) is 0. The summed E-state index contributed by atoms with van der Waals surface area (Å²) in [5.41, 5.74) is 2.55. The van der Waals surface area contributed by atoms with Crippen LogP contribution < -0.4 is 0 Å². The molecule has 2 aromatic carbocycles. The number of hydrogen-bond acceptors (Lipinski definition) is 3. The van der Waals surface area contributed by atoms with Crippen LogP contribution in [0.25, 0.3) is 0 Å². The second kappa shape index (κ2) is 8.29.